The highest BCUT2D eigenvalue weighted by molar-refractivity contribution is 5.98. The molecule has 0 aliphatic carbocycles. The van der Waals surface area contributed by atoms with Crippen molar-refractivity contribution < 1.29 is 14.5 Å². The van der Waals surface area contributed by atoms with Gasteiger partial charge in [0.25, 0.3) is 11.6 Å². The standard InChI is InChI=1S/C15H14N4O4/c1-8-5-11(19(21)22)7-16-14(8)17-10-3-4-13-12(6-10)18-15(20)9(2)23-13/h3-7,9H,1-2H3,(H,16,17)(H,18,20). The molecule has 118 valence electrons. The summed E-state index contributed by atoms with van der Waals surface area (Å²) in [5.74, 6) is 0.891. The van der Waals surface area contributed by atoms with Crippen LogP contribution in [0.1, 0.15) is 12.5 Å². The number of pyridine rings is 1. The third-order valence-electron chi connectivity index (χ3n) is 3.45. The van der Waals surface area contributed by atoms with E-state index in [2.05, 4.69) is 15.6 Å². The van der Waals surface area contributed by atoms with Crippen LogP contribution in [0.3, 0.4) is 0 Å². The fraction of sp³-hybridized carbons (Fsp3) is 0.200. The van der Waals surface area contributed by atoms with Gasteiger partial charge in [-0.05, 0) is 37.6 Å². The summed E-state index contributed by atoms with van der Waals surface area (Å²) in [5, 5.41) is 16.6. The molecule has 0 radical (unpaired) electrons. The zero-order chi connectivity index (χ0) is 16.6. The predicted octanol–water partition coefficient (Wildman–Crippen LogP) is 2.76. The smallest absolute Gasteiger partial charge is 0.287 e. The molecule has 0 spiro atoms. The Morgan fingerprint density at radius 1 is 1.39 bits per heavy atom. The Morgan fingerprint density at radius 2 is 2.17 bits per heavy atom. The molecular formula is C15H14N4O4. The van der Waals surface area contributed by atoms with Gasteiger partial charge in [-0.3, -0.25) is 14.9 Å². The van der Waals surface area contributed by atoms with Crippen LogP contribution in [0, 0.1) is 17.0 Å². The third kappa shape index (κ3) is 2.91. The lowest BCUT2D eigenvalue weighted by Crippen LogP contribution is -2.34. The van der Waals surface area contributed by atoms with Crippen LogP contribution in [-0.4, -0.2) is 21.9 Å². The van der Waals surface area contributed by atoms with Crippen LogP contribution < -0.4 is 15.4 Å². The molecule has 2 aromatic rings. The van der Waals surface area contributed by atoms with Crippen molar-refractivity contribution in [1.82, 2.24) is 4.98 Å². The molecule has 2 heterocycles. The van der Waals surface area contributed by atoms with Gasteiger partial charge in [0.1, 0.15) is 17.8 Å². The first-order valence-corrected chi connectivity index (χ1v) is 6.93. The maximum atomic E-state index is 11.6. The Balaban J connectivity index is 1.85. The normalized spacial score (nSPS) is 16.1. The number of aryl methyl sites for hydroxylation is 1. The third-order valence-corrected chi connectivity index (χ3v) is 3.45. The van der Waals surface area contributed by atoms with Gasteiger partial charge in [0, 0.05) is 11.8 Å². The topological polar surface area (TPSA) is 106 Å². The number of carbonyl (C=O) groups excluding carboxylic acids is 1. The zero-order valence-corrected chi connectivity index (χ0v) is 12.5. The minimum Gasteiger partial charge on any atom is -0.479 e. The molecule has 1 aliphatic rings. The number of nitro groups is 1. The average Bonchev–Trinajstić information content (AvgIpc) is 2.50. The molecule has 0 saturated heterocycles. The average molecular weight is 314 g/mol. The summed E-state index contributed by atoms with van der Waals surface area (Å²) in [6.45, 7) is 3.40. The van der Waals surface area contributed by atoms with Crippen LogP contribution >= 0.6 is 0 Å². The quantitative estimate of drug-likeness (QED) is 0.666. The molecule has 0 bridgehead atoms. The molecule has 8 nitrogen and oxygen atoms in total. The fourth-order valence-electron chi connectivity index (χ4n) is 2.21. The van der Waals surface area contributed by atoms with E-state index in [1.807, 2.05) is 0 Å². The summed E-state index contributed by atoms with van der Waals surface area (Å²) in [6, 6.07) is 6.70. The number of nitrogens with one attached hydrogen (secondary N) is 2. The van der Waals surface area contributed by atoms with Gasteiger partial charge < -0.3 is 15.4 Å². The minimum atomic E-state index is -0.528. The van der Waals surface area contributed by atoms with Gasteiger partial charge in [0.2, 0.25) is 0 Å². The van der Waals surface area contributed by atoms with E-state index in [0.29, 0.717) is 28.5 Å². The van der Waals surface area contributed by atoms with E-state index < -0.39 is 11.0 Å². The maximum absolute atomic E-state index is 11.6. The summed E-state index contributed by atoms with van der Waals surface area (Å²) < 4.78 is 5.48. The Morgan fingerprint density at radius 3 is 2.87 bits per heavy atom. The van der Waals surface area contributed by atoms with Crippen molar-refractivity contribution in [2.45, 2.75) is 20.0 Å². The molecule has 1 amide bonds. The summed E-state index contributed by atoms with van der Waals surface area (Å²) in [7, 11) is 0. The lowest BCUT2D eigenvalue weighted by atomic mass is 10.2. The number of amides is 1. The first kappa shape index (κ1) is 14.8. The van der Waals surface area contributed by atoms with Gasteiger partial charge in [-0.1, -0.05) is 0 Å². The summed E-state index contributed by atoms with van der Waals surface area (Å²) in [6.07, 6.45) is 0.667. The lowest BCUT2D eigenvalue weighted by Gasteiger charge is -2.23. The van der Waals surface area contributed by atoms with Crippen molar-refractivity contribution in [3.63, 3.8) is 0 Å². The molecular weight excluding hydrogens is 300 g/mol. The Hall–Kier alpha value is -3.16. The number of nitrogens with zero attached hydrogens (tertiary/aromatic N) is 2. The molecule has 1 unspecified atom stereocenters. The highest BCUT2D eigenvalue weighted by Crippen LogP contribution is 2.33. The number of ether oxygens (including phenoxy) is 1. The van der Waals surface area contributed by atoms with Gasteiger partial charge in [0.15, 0.2) is 6.10 Å². The predicted molar refractivity (Wildman–Crippen MR) is 84.1 cm³/mol. The van der Waals surface area contributed by atoms with Gasteiger partial charge in [-0.25, -0.2) is 4.98 Å². The van der Waals surface area contributed by atoms with Crippen LogP contribution in [-0.2, 0) is 4.79 Å². The number of aromatic nitrogens is 1. The number of fused-ring (bicyclic) bond motifs is 1. The highest BCUT2D eigenvalue weighted by atomic mass is 16.6. The number of carbonyl (C=O) groups is 1. The van der Waals surface area contributed by atoms with Crippen LogP contribution in [0.5, 0.6) is 5.75 Å². The summed E-state index contributed by atoms with van der Waals surface area (Å²) in [5.41, 5.74) is 1.84. The maximum Gasteiger partial charge on any atom is 0.287 e. The number of rotatable bonds is 3. The molecule has 0 fully saturated rings. The summed E-state index contributed by atoms with van der Waals surface area (Å²) >= 11 is 0. The van der Waals surface area contributed by atoms with E-state index in [1.54, 1.807) is 32.0 Å². The first-order chi connectivity index (χ1) is 10.9. The molecule has 3 rings (SSSR count). The van der Waals surface area contributed by atoms with E-state index >= 15 is 0 Å². The SMILES string of the molecule is Cc1cc([N+](=O)[O-])cnc1Nc1ccc2c(c1)NC(=O)C(C)O2. The molecule has 1 aromatic heterocycles. The second-order valence-corrected chi connectivity index (χ2v) is 5.20. The fourth-order valence-corrected chi connectivity index (χ4v) is 2.21. The molecule has 1 atom stereocenters. The van der Waals surface area contributed by atoms with Crippen LogP contribution in [0.15, 0.2) is 30.5 Å². The Bertz CT molecular complexity index is 806. The van der Waals surface area contributed by atoms with Crippen LogP contribution in [0.2, 0.25) is 0 Å². The second kappa shape index (κ2) is 5.56. The van der Waals surface area contributed by atoms with E-state index in [0.717, 1.165) is 0 Å². The zero-order valence-electron chi connectivity index (χ0n) is 12.5. The van der Waals surface area contributed by atoms with Crippen LogP contribution in [0.4, 0.5) is 22.9 Å². The molecule has 0 saturated carbocycles. The Kier molecular flexibility index (Phi) is 3.57. The minimum absolute atomic E-state index is 0.0619. The molecule has 8 heteroatoms. The first-order valence-electron chi connectivity index (χ1n) is 6.93. The molecule has 1 aromatic carbocycles. The number of hydrogen-bond donors (Lipinski definition) is 2. The second-order valence-electron chi connectivity index (χ2n) is 5.20. The van der Waals surface area contributed by atoms with E-state index in [9.17, 15) is 14.9 Å². The highest BCUT2D eigenvalue weighted by Gasteiger charge is 2.23. The number of benzene rings is 1. The molecule has 1 aliphatic heterocycles. The summed E-state index contributed by atoms with van der Waals surface area (Å²) in [4.78, 5) is 26.0. The lowest BCUT2D eigenvalue weighted by molar-refractivity contribution is -0.385. The monoisotopic (exact) mass is 314 g/mol. The van der Waals surface area contributed by atoms with Gasteiger partial charge >= 0.3 is 0 Å². The van der Waals surface area contributed by atoms with Gasteiger partial charge in [0.05, 0.1) is 10.6 Å². The molecule has 23 heavy (non-hydrogen) atoms. The van der Waals surface area contributed by atoms with Crippen molar-refractivity contribution in [3.8, 4) is 5.75 Å². The van der Waals surface area contributed by atoms with E-state index in [1.165, 1.54) is 12.3 Å². The molecule has 2 N–H and O–H groups in total. The van der Waals surface area contributed by atoms with Crippen LogP contribution in [0.25, 0.3) is 0 Å². The van der Waals surface area contributed by atoms with E-state index in [-0.39, 0.29) is 11.6 Å². The van der Waals surface area contributed by atoms with Crippen molar-refractivity contribution in [2.75, 3.05) is 10.6 Å². The van der Waals surface area contributed by atoms with Crippen molar-refractivity contribution in [2.24, 2.45) is 0 Å². The largest absolute Gasteiger partial charge is 0.479 e. The van der Waals surface area contributed by atoms with E-state index in [4.69, 9.17) is 4.74 Å². The van der Waals surface area contributed by atoms with Crippen molar-refractivity contribution in [3.05, 3.63) is 46.1 Å². The number of hydrogen-bond acceptors (Lipinski definition) is 6. The van der Waals surface area contributed by atoms with Crippen molar-refractivity contribution in [1.29, 1.82) is 0 Å². The van der Waals surface area contributed by atoms with Gasteiger partial charge in [-0.15, -0.1) is 0 Å². The number of anilines is 3. The Labute approximate surface area is 131 Å². The van der Waals surface area contributed by atoms with Crippen molar-refractivity contribution >= 4 is 28.8 Å². The van der Waals surface area contributed by atoms with Gasteiger partial charge in [-0.2, -0.15) is 0 Å².